The molecule has 3 rings (SSSR count). The van der Waals surface area contributed by atoms with Crippen LogP contribution in [0.25, 0.3) is 0 Å². The molecule has 6 heteroatoms. The number of nitrogens with one attached hydrogen (secondary N) is 1. The van der Waals surface area contributed by atoms with E-state index in [1.165, 1.54) is 11.6 Å². The van der Waals surface area contributed by atoms with E-state index in [0.717, 1.165) is 12.0 Å². The first kappa shape index (κ1) is 19.2. The fraction of sp³-hybridized carbons (Fsp3) is 0.381. The topological polar surface area (TPSA) is 50.8 Å². The molecule has 0 radical (unpaired) electrons. The normalized spacial score (nSPS) is 13.2. The summed E-state index contributed by atoms with van der Waals surface area (Å²) in [6, 6.07) is 10.6. The average Bonchev–Trinajstić information content (AvgIpc) is 2.70. The van der Waals surface area contributed by atoms with Crippen LogP contribution in [0.4, 0.5) is 4.39 Å². The molecule has 0 aliphatic carbocycles. The van der Waals surface area contributed by atoms with E-state index >= 15 is 0 Å². The lowest BCUT2D eigenvalue weighted by molar-refractivity contribution is -0.132. The van der Waals surface area contributed by atoms with Gasteiger partial charge in [-0.1, -0.05) is 18.2 Å². The Hall–Kier alpha value is -2.60. The number of hydrogen-bond donors (Lipinski definition) is 1. The van der Waals surface area contributed by atoms with Gasteiger partial charge in [-0.2, -0.15) is 0 Å². The molecule has 2 aromatic rings. The lowest BCUT2D eigenvalue weighted by Gasteiger charge is -2.29. The molecule has 1 heterocycles. The second kappa shape index (κ2) is 8.86. The highest BCUT2D eigenvalue weighted by Crippen LogP contribution is 2.33. The van der Waals surface area contributed by atoms with Gasteiger partial charge in [-0.05, 0) is 35.7 Å². The van der Waals surface area contributed by atoms with Crippen molar-refractivity contribution in [1.29, 1.82) is 0 Å². The van der Waals surface area contributed by atoms with Crippen LogP contribution in [0, 0.1) is 5.82 Å². The van der Waals surface area contributed by atoms with Crippen molar-refractivity contribution in [3.8, 4) is 11.5 Å². The molecular weight excluding hydrogens is 347 g/mol. The van der Waals surface area contributed by atoms with Gasteiger partial charge in [0.25, 0.3) is 0 Å². The van der Waals surface area contributed by atoms with E-state index in [0.29, 0.717) is 49.7 Å². The van der Waals surface area contributed by atoms with Crippen LogP contribution in [0.2, 0.25) is 0 Å². The Morgan fingerprint density at radius 3 is 2.56 bits per heavy atom. The van der Waals surface area contributed by atoms with Gasteiger partial charge >= 0.3 is 0 Å². The Kier molecular flexibility index (Phi) is 6.29. The molecule has 144 valence electrons. The van der Waals surface area contributed by atoms with Crippen LogP contribution in [0.15, 0.2) is 36.4 Å². The number of ether oxygens (including phenoxy) is 2. The number of fused-ring (bicyclic) bond motifs is 1. The van der Waals surface area contributed by atoms with Crippen molar-refractivity contribution in [1.82, 2.24) is 10.2 Å². The van der Waals surface area contributed by atoms with Crippen molar-refractivity contribution < 1.29 is 18.7 Å². The lowest BCUT2D eigenvalue weighted by atomic mass is 9.98. The molecule has 1 aliphatic rings. The standard InChI is InChI=1S/C21H25FN2O3/c1-26-19-11-15-8-10-24(14-17(15)12-20(19)27-2)21(25)7-9-23-13-16-5-3-4-6-18(16)22/h3-6,11-12,23H,7-10,13-14H2,1-2H3. The summed E-state index contributed by atoms with van der Waals surface area (Å²) in [6.07, 6.45) is 1.18. The Morgan fingerprint density at radius 2 is 1.85 bits per heavy atom. The second-order valence-corrected chi connectivity index (χ2v) is 6.56. The summed E-state index contributed by atoms with van der Waals surface area (Å²) in [6.45, 7) is 2.19. The summed E-state index contributed by atoms with van der Waals surface area (Å²) in [7, 11) is 3.23. The molecule has 0 unspecified atom stereocenters. The second-order valence-electron chi connectivity index (χ2n) is 6.56. The minimum atomic E-state index is -0.228. The Bertz CT molecular complexity index is 810. The number of rotatable bonds is 7. The summed E-state index contributed by atoms with van der Waals surface area (Å²) in [4.78, 5) is 14.4. The Morgan fingerprint density at radius 1 is 1.15 bits per heavy atom. The van der Waals surface area contributed by atoms with Crippen molar-refractivity contribution in [3.63, 3.8) is 0 Å². The number of nitrogens with zero attached hydrogens (tertiary/aromatic N) is 1. The van der Waals surface area contributed by atoms with Crippen molar-refractivity contribution in [2.24, 2.45) is 0 Å². The zero-order valence-corrected chi connectivity index (χ0v) is 15.8. The maximum absolute atomic E-state index is 13.6. The predicted molar refractivity (Wildman–Crippen MR) is 101 cm³/mol. The maximum atomic E-state index is 13.6. The highest BCUT2D eigenvalue weighted by atomic mass is 19.1. The number of carbonyl (C=O) groups is 1. The number of methoxy groups -OCH3 is 2. The van der Waals surface area contributed by atoms with Crippen LogP contribution in [-0.2, 0) is 24.3 Å². The third-order valence-corrected chi connectivity index (χ3v) is 4.86. The summed E-state index contributed by atoms with van der Waals surface area (Å²) in [5.74, 6) is 1.26. The number of benzene rings is 2. The highest BCUT2D eigenvalue weighted by molar-refractivity contribution is 5.76. The quantitative estimate of drug-likeness (QED) is 0.760. The smallest absolute Gasteiger partial charge is 0.224 e. The molecule has 0 saturated heterocycles. The number of hydrogen-bond acceptors (Lipinski definition) is 4. The molecule has 2 aromatic carbocycles. The minimum absolute atomic E-state index is 0.0940. The fourth-order valence-corrected chi connectivity index (χ4v) is 3.31. The van der Waals surface area contributed by atoms with Gasteiger partial charge in [0.2, 0.25) is 5.91 Å². The highest BCUT2D eigenvalue weighted by Gasteiger charge is 2.22. The van der Waals surface area contributed by atoms with Gasteiger partial charge in [0.15, 0.2) is 11.5 Å². The van der Waals surface area contributed by atoms with Crippen molar-refractivity contribution >= 4 is 5.91 Å². The Balaban J connectivity index is 1.52. The van der Waals surface area contributed by atoms with Gasteiger partial charge in [0, 0.05) is 38.2 Å². The van der Waals surface area contributed by atoms with Crippen LogP contribution in [-0.4, -0.2) is 38.1 Å². The molecule has 0 bridgehead atoms. The predicted octanol–water partition coefficient (Wildman–Crippen LogP) is 2.91. The van der Waals surface area contributed by atoms with Crippen LogP contribution in [0.5, 0.6) is 11.5 Å². The van der Waals surface area contributed by atoms with Crippen LogP contribution in [0.3, 0.4) is 0 Å². The average molecular weight is 372 g/mol. The molecule has 5 nitrogen and oxygen atoms in total. The van der Waals surface area contributed by atoms with E-state index in [1.54, 1.807) is 32.4 Å². The minimum Gasteiger partial charge on any atom is -0.493 e. The number of halogens is 1. The Labute approximate surface area is 159 Å². The number of carbonyl (C=O) groups excluding carboxylic acids is 1. The molecule has 0 aromatic heterocycles. The van der Waals surface area contributed by atoms with E-state index in [2.05, 4.69) is 5.32 Å². The van der Waals surface area contributed by atoms with E-state index < -0.39 is 0 Å². The van der Waals surface area contributed by atoms with Gasteiger partial charge in [-0.15, -0.1) is 0 Å². The van der Waals surface area contributed by atoms with E-state index in [9.17, 15) is 9.18 Å². The van der Waals surface area contributed by atoms with Gasteiger partial charge < -0.3 is 19.7 Å². The first-order valence-corrected chi connectivity index (χ1v) is 9.08. The van der Waals surface area contributed by atoms with Gasteiger partial charge in [-0.25, -0.2) is 4.39 Å². The van der Waals surface area contributed by atoms with E-state index in [-0.39, 0.29) is 11.7 Å². The SMILES string of the molecule is COc1cc2c(cc1OC)CN(C(=O)CCNCc1ccccc1F)CC2. The first-order valence-electron chi connectivity index (χ1n) is 9.08. The van der Waals surface area contributed by atoms with Gasteiger partial charge in [0.05, 0.1) is 14.2 Å². The first-order chi connectivity index (χ1) is 13.1. The fourth-order valence-electron chi connectivity index (χ4n) is 3.31. The number of amides is 1. The summed E-state index contributed by atoms with van der Waals surface area (Å²) < 4.78 is 24.3. The third-order valence-electron chi connectivity index (χ3n) is 4.86. The zero-order valence-electron chi connectivity index (χ0n) is 15.8. The molecule has 0 fully saturated rings. The van der Waals surface area contributed by atoms with Crippen LogP contribution >= 0.6 is 0 Å². The van der Waals surface area contributed by atoms with Crippen LogP contribution in [0.1, 0.15) is 23.1 Å². The molecule has 1 amide bonds. The van der Waals surface area contributed by atoms with Gasteiger partial charge in [0.1, 0.15) is 5.82 Å². The molecule has 0 atom stereocenters. The maximum Gasteiger partial charge on any atom is 0.224 e. The largest absolute Gasteiger partial charge is 0.493 e. The van der Waals surface area contributed by atoms with Gasteiger partial charge in [-0.3, -0.25) is 4.79 Å². The van der Waals surface area contributed by atoms with E-state index in [1.807, 2.05) is 17.0 Å². The summed E-state index contributed by atoms with van der Waals surface area (Å²) >= 11 is 0. The molecule has 1 N–H and O–H groups in total. The van der Waals surface area contributed by atoms with Crippen molar-refractivity contribution in [3.05, 3.63) is 58.9 Å². The molecule has 1 aliphatic heterocycles. The molecule has 0 saturated carbocycles. The van der Waals surface area contributed by atoms with E-state index in [4.69, 9.17) is 9.47 Å². The molecular formula is C21H25FN2O3. The van der Waals surface area contributed by atoms with Crippen LogP contribution < -0.4 is 14.8 Å². The lowest BCUT2D eigenvalue weighted by Crippen LogP contribution is -2.37. The monoisotopic (exact) mass is 372 g/mol. The summed E-state index contributed by atoms with van der Waals surface area (Å²) in [5, 5.41) is 3.14. The van der Waals surface area contributed by atoms with Crippen molar-refractivity contribution in [2.45, 2.75) is 25.9 Å². The van der Waals surface area contributed by atoms with Crippen molar-refractivity contribution in [2.75, 3.05) is 27.3 Å². The molecule has 27 heavy (non-hydrogen) atoms. The third kappa shape index (κ3) is 4.57. The molecule has 0 spiro atoms. The zero-order chi connectivity index (χ0) is 19.2. The summed E-state index contributed by atoms with van der Waals surface area (Å²) in [5.41, 5.74) is 2.89.